The van der Waals surface area contributed by atoms with E-state index in [1.807, 2.05) is 52.0 Å². The van der Waals surface area contributed by atoms with Crippen molar-refractivity contribution in [2.45, 2.75) is 52.8 Å². The molecule has 4 amide bonds. The number of imide groups is 1. The number of urea groups is 1. The molecule has 1 aromatic rings. The predicted molar refractivity (Wildman–Crippen MR) is 128 cm³/mol. The van der Waals surface area contributed by atoms with Crippen molar-refractivity contribution < 1.29 is 29.0 Å². The lowest BCUT2D eigenvalue weighted by Crippen LogP contribution is -2.70. The van der Waals surface area contributed by atoms with Gasteiger partial charge in [0.05, 0.1) is 5.92 Å². The van der Waals surface area contributed by atoms with Gasteiger partial charge in [0.1, 0.15) is 6.10 Å². The van der Waals surface area contributed by atoms with Gasteiger partial charge in [-0.2, -0.15) is 0 Å². The first kappa shape index (κ1) is 26.5. The number of amides is 4. The predicted octanol–water partition coefficient (Wildman–Crippen LogP) is 2.15. The molecule has 192 valence electrons. The molecule has 2 aliphatic heterocycles. The average molecular weight is 489 g/mol. The largest absolute Gasteiger partial charge is 0.480 e. The van der Waals surface area contributed by atoms with Crippen LogP contribution in [-0.4, -0.2) is 82.1 Å². The van der Waals surface area contributed by atoms with E-state index >= 15 is 0 Å². The van der Waals surface area contributed by atoms with Gasteiger partial charge in [0.2, 0.25) is 5.91 Å². The topological polar surface area (TPSA) is 133 Å². The van der Waals surface area contributed by atoms with Crippen LogP contribution in [0.1, 0.15) is 38.8 Å². The van der Waals surface area contributed by atoms with E-state index in [1.54, 1.807) is 4.90 Å². The summed E-state index contributed by atoms with van der Waals surface area (Å²) in [5, 5.41) is 9.75. The summed E-state index contributed by atoms with van der Waals surface area (Å²) in [5.41, 5.74) is 7.36. The van der Waals surface area contributed by atoms with Crippen molar-refractivity contribution >= 4 is 24.0 Å². The highest BCUT2D eigenvalue weighted by Gasteiger charge is 2.55. The van der Waals surface area contributed by atoms with Gasteiger partial charge in [-0.15, -0.1) is 0 Å². The summed E-state index contributed by atoms with van der Waals surface area (Å²) in [4.78, 5) is 54.2. The number of carbonyl (C=O) groups is 4. The van der Waals surface area contributed by atoms with Crippen molar-refractivity contribution in [2.75, 3.05) is 26.2 Å². The minimum atomic E-state index is -1.22. The van der Waals surface area contributed by atoms with Crippen molar-refractivity contribution in [1.29, 1.82) is 0 Å². The molecule has 2 atom stereocenters. The number of carbonyl (C=O) groups excluding carboxylic acids is 3. The first-order chi connectivity index (χ1) is 16.5. The molecule has 3 rings (SSSR count). The van der Waals surface area contributed by atoms with Gasteiger partial charge in [-0.25, -0.2) is 19.3 Å². The number of piperazine rings is 1. The van der Waals surface area contributed by atoms with Crippen molar-refractivity contribution in [3.8, 4) is 0 Å². The van der Waals surface area contributed by atoms with Crippen LogP contribution in [0.2, 0.25) is 0 Å². The molecule has 1 aromatic carbocycles. The van der Waals surface area contributed by atoms with Crippen LogP contribution < -0.4 is 5.73 Å². The Kier molecular flexibility index (Phi) is 8.37. The monoisotopic (exact) mass is 488 g/mol. The first-order valence-electron chi connectivity index (χ1n) is 12.1. The minimum Gasteiger partial charge on any atom is -0.480 e. The number of ether oxygens (including phenoxy) is 1. The van der Waals surface area contributed by atoms with Crippen molar-refractivity contribution in [3.05, 3.63) is 35.4 Å². The number of hydrogen-bond donors (Lipinski definition) is 2. The molecule has 2 saturated heterocycles. The highest BCUT2D eigenvalue weighted by atomic mass is 16.6. The van der Waals surface area contributed by atoms with Crippen LogP contribution in [0.25, 0.3) is 0 Å². The number of nitrogens with zero attached hydrogens (tertiary/aromatic N) is 3. The van der Waals surface area contributed by atoms with E-state index in [0.717, 1.165) is 16.0 Å². The summed E-state index contributed by atoms with van der Waals surface area (Å²) in [7, 11) is 0. The zero-order valence-corrected chi connectivity index (χ0v) is 20.8. The maximum Gasteiger partial charge on any atom is 0.410 e. The van der Waals surface area contributed by atoms with Gasteiger partial charge in [0.15, 0.2) is 6.04 Å². The third-order valence-corrected chi connectivity index (χ3v) is 6.72. The fraction of sp³-hybridized carbons (Fsp3) is 0.600. The molecule has 3 N–H and O–H groups in total. The number of carboxylic acid groups (broad SMARTS) is 1. The quantitative estimate of drug-likeness (QED) is 0.562. The smallest absolute Gasteiger partial charge is 0.410 e. The Morgan fingerprint density at radius 3 is 2.14 bits per heavy atom. The molecule has 0 saturated carbocycles. The molecule has 0 unspecified atom stereocenters. The number of nitrogens with two attached hydrogens (primary N) is 1. The van der Waals surface area contributed by atoms with Crippen molar-refractivity contribution in [1.82, 2.24) is 14.7 Å². The number of aliphatic carboxylic acids is 1. The molecule has 0 aliphatic carbocycles. The number of benzene rings is 1. The summed E-state index contributed by atoms with van der Waals surface area (Å²) >= 11 is 0. The number of rotatable bonds is 7. The zero-order chi connectivity index (χ0) is 25.9. The normalized spacial score (nSPS) is 20.5. The lowest BCUT2D eigenvalue weighted by molar-refractivity contribution is -0.166. The molecule has 0 aromatic heterocycles. The van der Waals surface area contributed by atoms with Gasteiger partial charge in [-0.05, 0) is 29.4 Å². The Labute approximate surface area is 206 Å². The number of carboxylic acids is 1. The summed E-state index contributed by atoms with van der Waals surface area (Å²) < 4.78 is 5.67. The van der Waals surface area contributed by atoms with Crippen LogP contribution in [0.15, 0.2) is 24.3 Å². The Morgan fingerprint density at radius 2 is 1.60 bits per heavy atom. The number of β-lactam (4-membered cyclic amide) rings is 1. The van der Waals surface area contributed by atoms with Crippen molar-refractivity contribution in [2.24, 2.45) is 23.5 Å². The Bertz CT molecular complexity index is 949. The molecule has 0 spiro atoms. The Balaban J connectivity index is 1.60. The molecule has 2 fully saturated rings. The van der Waals surface area contributed by atoms with E-state index in [-0.39, 0.29) is 50.5 Å². The fourth-order valence-corrected chi connectivity index (χ4v) is 4.85. The summed E-state index contributed by atoms with van der Waals surface area (Å²) in [6, 6.07) is 5.48. The molecule has 10 nitrogen and oxygen atoms in total. The lowest BCUT2D eigenvalue weighted by atomic mass is 9.82. The van der Waals surface area contributed by atoms with Crippen LogP contribution in [0.5, 0.6) is 0 Å². The molecule has 0 radical (unpaired) electrons. The van der Waals surface area contributed by atoms with Gasteiger partial charge in [-0.1, -0.05) is 52.0 Å². The standard InChI is InChI=1S/C25H36N4O6/c1-15(2)21(16(3)4)35-25(34)28-10-8-27(9-11-28)24(33)29-20(23(31)32)19(22(29)30)13-17-6-5-7-18(12-17)14-26/h5-7,12,15-16,19-21H,8-11,13-14,26H2,1-4H3,(H,31,32)/t19-,20+/m1/s1. The van der Waals surface area contributed by atoms with E-state index in [9.17, 15) is 24.3 Å². The van der Waals surface area contributed by atoms with Crippen LogP contribution in [-0.2, 0) is 27.3 Å². The van der Waals surface area contributed by atoms with E-state index in [2.05, 4.69) is 0 Å². The second kappa shape index (κ2) is 11.1. The molecular weight excluding hydrogens is 452 g/mol. The van der Waals surface area contributed by atoms with Gasteiger partial charge >= 0.3 is 18.1 Å². The molecule has 2 aliphatic rings. The van der Waals surface area contributed by atoms with E-state index in [0.29, 0.717) is 6.54 Å². The third kappa shape index (κ3) is 5.75. The Morgan fingerprint density at radius 1 is 1.03 bits per heavy atom. The molecular formula is C25H36N4O6. The third-order valence-electron chi connectivity index (χ3n) is 6.72. The number of hydrogen-bond acceptors (Lipinski definition) is 6. The van der Waals surface area contributed by atoms with E-state index in [4.69, 9.17) is 10.5 Å². The van der Waals surface area contributed by atoms with Gasteiger partial charge in [0.25, 0.3) is 0 Å². The van der Waals surface area contributed by atoms with Crippen LogP contribution >= 0.6 is 0 Å². The second-order valence-corrected chi connectivity index (χ2v) is 9.92. The summed E-state index contributed by atoms with van der Waals surface area (Å²) in [5.74, 6) is -2.17. The lowest BCUT2D eigenvalue weighted by Gasteiger charge is -2.46. The first-order valence-corrected chi connectivity index (χ1v) is 12.1. The Hall–Kier alpha value is -3.14. The van der Waals surface area contributed by atoms with Gasteiger partial charge < -0.3 is 25.4 Å². The van der Waals surface area contributed by atoms with E-state index < -0.39 is 36.0 Å². The minimum absolute atomic E-state index is 0.179. The number of likely N-dealkylation sites (tertiary alicyclic amines) is 1. The molecule has 35 heavy (non-hydrogen) atoms. The zero-order valence-electron chi connectivity index (χ0n) is 20.8. The summed E-state index contributed by atoms with van der Waals surface area (Å²) in [6.45, 7) is 9.24. The second-order valence-electron chi connectivity index (χ2n) is 9.92. The van der Waals surface area contributed by atoms with Crippen LogP contribution in [0, 0.1) is 17.8 Å². The maximum atomic E-state index is 13.1. The highest BCUT2D eigenvalue weighted by molar-refractivity contribution is 6.07. The van der Waals surface area contributed by atoms with Crippen LogP contribution in [0.4, 0.5) is 9.59 Å². The SMILES string of the molecule is CC(C)C(OC(=O)N1CCN(C(=O)N2C(=O)[C@H](Cc3cccc(CN)c3)[C@H]2C(=O)O)CC1)C(C)C. The average Bonchev–Trinajstić information content (AvgIpc) is 2.83. The van der Waals surface area contributed by atoms with Crippen LogP contribution in [0.3, 0.4) is 0 Å². The molecule has 0 bridgehead atoms. The fourth-order valence-electron chi connectivity index (χ4n) is 4.85. The van der Waals surface area contributed by atoms with E-state index in [1.165, 1.54) is 4.90 Å². The van der Waals surface area contributed by atoms with Gasteiger partial charge in [0, 0.05) is 32.7 Å². The highest BCUT2D eigenvalue weighted by Crippen LogP contribution is 2.32. The van der Waals surface area contributed by atoms with Crippen molar-refractivity contribution in [3.63, 3.8) is 0 Å². The maximum absolute atomic E-state index is 13.1. The molecule has 2 heterocycles. The molecule has 10 heteroatoms. The van der Waals surface area contributed by atoms with Gasteiger partial charge in [-0.3, -0.25) is 4.79 Å². The summed E-state index contributed by atoms with van der Waals surface area (Å²) in [6.07, 6.45) is -0.410.